The van der Waals surface area contributed by atoms with Gasteiger partial charge in [0.2, 0.25) is 5.78 Å². The number of benzene rings is 1. The summed E-state index contributed by atoms with van der Waals surface area (Å²) in [5.41, 5.74) is 1.64. The molecule has 0 saturated heterocycles. The molecule has 0 aliphatic rings. The number of carbonyl (C=O) groups excluding carboxylic acids is 2. The van der Waals surface area contributed by atoms with Gasteiger partial charge in [-0.25, -0.2) is 5.06 Å². The Morgan fingerprint density at radius 1 is 1.39 bits per heavy atom. The van der Waals surface area contributed by atoms with Gasteiger partial charge in [-0.2, -0.15) is 0 Å². The first-order chi connectivity index (χ1) is 8.45. The van der Waals surface area contributed by atoms with Crippen LogP contribution in [0.3, 0.4) is 0 Å². The highest BCUT2D eigenvalue weighted by atomic mass is 16.5. The maximum Gasteiger partial charge on any atom is 0.313 e. The quantitative estimate of drug-likeness (QED) is 0.466. The summed E-state index contributed by atoms with van der Waals surface area (Å²) in [6, 6.07) is 7.21. The van der Waals surface area contributed by atoms with Crippen molar-refractivity contribution in [1.29, 1.82) is 0 Å². The monoisotopic (exact) mass is 251 g/mol. The Balaban J connectivity index is 2.73. The zero-order chi connectivity index (χ0) is 13.7. The first-order valence-electron chi connectivity index (χ1n) is 5.72. The number of ketones is 1. The van der Waals surface area contributed by atoms with Crippen LogP contribution in [0.2, 0.25) is 0 Å². The Labute approximate surface area is 106 Å². The molecular formula is C13H17NO4. The van der Waals surface area contributed by atoms with E-state index >= 15 is 0 Å². The van der Waals surface area contributed by atoms with Gasteiger partial charge in [-0.15, -0.1) is 0 Å². The third-order valence-corrected chi connectivity index (χ3v) is 2.66. The number of carbonyl (C=O) groups is 2. The smallest absolute Gasteiger partial charge is 0.313 e. The molecule has 1 rings (SSSR count). The van der Waals surface area contributed by atoms with E-state index in [-0.39, 0.29) is 11.5 Å². The Morgan fingerprint density at radius 2 is 2.06 bits per heavy atom. The zero-order valence-corrected chi connectivity index (χ0v) is 10.5. The normalized spacial score (nSPS) is 12.0. The van der Waals surface area contributed by atoms with Gasteiger partial charge in [0.25, 0.3) is 0 Å². The lowest BCUT2D eigenvalue weighted by molar-refractivity contribution is -0.166. The van der Waals surface area contributed by atoms with E-state index in [1.807, 2.05) is 13.0 Å². The number of rotatable bonds is 5. The molecular weight excluding hydrogens is 234 g/mol. The summed E-state index contributed by atoms with van der Waals surface area (Å²) in [6.45, 7) is 1.99. The van der Waals surface area contributed by atoms with Crippen LogP contribution in [0.4, 0.5) is 0 Å². The van der Waals surface area contributed by atoms with Crippen LogP contribution in [0, 0.1) is 0 Å². The number of aliphatic hydroxyl groups excluding tert-OH is 1. The Morgan fingerprint density at radius 3 is 2.61 bits per heavy atom. The van der Waals surface area contributed by atoms with Gasteiger partial charge >= 0.3 is 5.91 Å². The fraction of sp³-hybridized carbons (Fsp3) is 0.385. The molecule has 0 aromatic heterocycles. The van der Waals surface area contributed by atoms with Crippen molar-refractivity contribution in [2.75, 3.05) is 7.05 Å². The van der Waals surface area contributed by atoms with Crippen molar-refractivity contribution >= 4 is 11.7 Å². The number of likely N-dealkylation sites (N-methyl/N-ethyl adjacent to an activating group) is 1. The number of aliphatic hydroxyl groups is 1. The van der Waals surface area contributed by atoms with Crippen LogP contribution >= 0.6 is 0 Å². The summed E-state index contributed by atoms with van der Waals surface area (Å²) < 4.78 is 0. The molecule has 0 spiro atoms. The summed E-state index contributed by atoms with van der Waals surface area (Å²) >= 11 is 0. The molecule has 1 aromatic carbocycles. The molecule has 0 aliphatic heterocycles. The van der Waals surface area contributed by atoms with Crippen LogP contribution in [-0.4, -0.2) is 34.1 Å². The zero-order valence-electron chi connectivity index (χ0n) is 10.5. The molecule has 0 bridgehead atoms. The van der Waals surface area contributed by atoms with Crippen molar-refractivity contribution in [3.05, 3.63) is 35.4 Å². The van der Waals surface area contributed by atoms with Crippen LogP contribution in [-0.2, 0) is 16.0 Å². The molecule has 0 aliphatic carbocycles. The van der Waals surface area contributed by atoms with Gasteiger partial charge in [0.15, 0.2) is 0 Å². The minimum atomic E-state index is -1.03. The number of Topliss-reactive ketones (excluding diaryl/α,β-unsaturated/α-hetero) is 1. The molecule has 1 unspecified atom stereocenters. The van der Waals surface area contributed by atoms with E-state index in [0.717, 1.165) is 19.0 Å². The Kier molecular flexibility index (Phi) is 5.00. The lowest BCUT2D eigenvalue weighted by Gasteiger charge is -2.12. The van der Waals surface area contributed by atoms with E-state index in [0.29, 0.717) is 5.56 Å². The molecule has 1 amide bonds. The van der Waals surface area contributed by atoms with Crippen molar-refractivity contribution in [3.63, 3.8) is 0 Å². The number of aryl methyl sites for hydroxylation is 1. The first kappa shape index (κ1) is 14.3. The van der Waals surface area contributed by atoms with Crippen LogP contribution in [0.15, 0.2) is 24.3 Å². The fourth-order valence-corrected chi connectivity index (χ4v) is 1.58. The maximum absolute atomic E-state index is 11.4. The molecule has 0 radical (unpaired) electrons. The average Bonchev–Trinajstić information content (AvgIpc) is 2.37. The standard InChI is InChI=1S/C13H17NO4/c1-3-9-5-4-6-10(7-9)11(15)8-12(16)13(17)14(2)18/h4-7,11,15,18H,3,8H2,1-2H3. The topological polar surface area (TPSA) is 77.8 Å². The van der Waals surface area contributed by atoms with Crippen molar-refractivity contribution in [2.45, 2.75) is 25.9 Å². The van der Waals surface area contributed by atoms with Gasteiger partial charge < -0.3 is 5.11 Å². The molecule has 1 aromatic rings. The largest absolute Gasteiger partial charge is 0.388 e. The number of nitrogens with zero attached hydrogens (tertiary/aromatic N) is 1. The molecule has 0 fully saturated rings. The Hall–Kier alpha value is -1.72. The summed E-state index contributed by atoms with van der Waals surface area (Å²) in [4.78, 5) is 22.6. The lowest BCUT2D eigenvalue weighted by Crippen LogP contribution is -2.31. The van der Waals surface area contributed by atoms with Crippen LogP contribution < -0.4 is 0 Å². The van der Waals surface area contributed by atoms with E-state index in [1.165, 1.54) is 0 Å². The molecule has 98 valence electrons. The average molecular weight is 251 g/mol. The maximum atomic E-state index is 11.4. The van der Waals surface area contributed by atoms with Gasteiger partial charge in [0.05, 0.1) is 6.10 Å². The van der Waals surface area contributed by atoms with Gasteiger partial charge in [0, 0.05) is 13.5 Å². The molecule has 1 atom stereocenters. The van der Waals surface area contributed by atoms with Crippen molar-refractivity contribution in [2.24, 2.45) is 0 Å². The second-order valence-corrected chi connectivity index (χ2v) is 4.07. The van der Waals surface area contributed by atoms with E-state index in [2.05, 4.69) is 0 Å². The SMILES string of the molecule is CCc1cccc(C(O)CC(=O)C(=O)N(C)O)c1. The summed E-state index contributed by atoms with van der Waals surface area (Å²) in [5.74, 6) is -1.85. The van der Waals surface area contributed by atoms with E-state index < -0.39 is 17.8 Å². The van der Waals surface area contributed by atoms with Gasteiger partial charge in [-0.05, 0) is 17.5 Å². The van der Waals surface area contributed by atoms with Gasteiger partial charge in [-0.1, -0.05) is 31.2 Å². The van der Waals surface area contributed by atoms with E-state index in [1.54, 1.807) is 18.2 Å². The molecule has 2 N–H and O–H groups in total. The first-order valence-corrected chi connectivity index (χ1v) is 5.72. The van der Waals surface area contributed by atoms with Crippen LogP contribution in [0.5, 0.6) is 0 Å². The molecule has 18 heavy (non-hydrogen) atoms. The van der Waals surface area contributed by atoms with E-state index in [9.17, 15) is 14.7 Å². The number of hydroxylamine groups is 2. The predicted molar refractivity (Wildman–Crippen MR) is 65.0 cm³/mol. The van der Waals surface area contributed by atoms with Crippen molar-refractivity contribution < 1.29 is 19.9 Å². The summed E-state index contributed by atoms with van der Waals surface area (Å²) in [6.07, 6.45) is -0.545. The summed E-state index contributed by atoms with van der Waals surface area (Å²) in [5, 5.41) is 18.9. The predicted octanol–water partition coefficient (Wildman–Crippen LogP) is 1.09. The minimum absolute atomic E-state index is 0.220. The van der Waals surface area contributed by atoms with Crippen molar-refractivity contribution in [3.8, 4) is 0 Å². The number of hydrogen-bond acceptors (Lipinski definition) is 4. The third-order valence-electron chi connectivity index (χ3n) is 2.66. The minimum Gasteiger partial charge on any atom is -0.388 e. The van der Waals surface area contributed by atoms with Gasteiger partial charge in [0.1, 0.15) is 0 Å². The fourth-order valence-electron chi connectivity index (χ4n) is 1.58. The van der Waals surface area contributed by atoms with E-state index in [4.69, 9.17) is 5.21 Å². The lowest BCUT2D eigenvalue weighted by atomic mass is 10.0. The second-order valence-electron chi connectivity index (χ2n) is 4.07. The Bertz CT molecular complexity index is 442. The van der Waals surface area contributed by atoms with Crippen molar-refractivity contribution in [1.82, 2.24) is 5.06 Å². The highest BCUT2D eigenvalue weighted by Gasteiger charge is 2.21. The molecule has 5 heteroatoms. The number of amides is 1. The highest BCUT2D eigenvalue weighted by Crippen LogP contribution is 2.18. The van der Waals surface area contributed by atoms with Gasteiger partial charge in [-0.3, -0.25) is 14.8 Å². The molecule has 0 saturated carbocycles. The summed E-state index contributed by atoms with van der Waals surface area (Å²) in [7, 11) is 1.07. The molecule has 0 heterocycles. The van der Waals surface area contributed by atoms with Crippen LogP contribution in [0.25, 0.3) is 0 Å². The third kappa shape index (κ3) is 3.65. The highest BCUT2D eigenvalue weighted by molar-refractivity contribution is 6.35. The second kappa shape index (κ2) is 6.28. The van der Waals surface area contributed by atoms with Crippen LogP contribution in [0.1, 0.15) is 30.6 Å². The number of hydrogen-bond donors (Lipinski definition) is 2. The molecule has 5 nitrogen and oxygen atoms in total.